The van der Waals surface area contributed by atoms with Crippen molar-refractivity contribution in [3.63, 3.8) is 0 Å². The van der Waals surface area contributed by atoms with Crippen LogP contribution in [-0.2, 0) is 17.6 Å². The van der Waals surface area contributed by atoms with Crippen LogP contribution >= 0.6 is 0 Å². The molecule has 1 aliphatic rings. The lowest BCUT2D eigenvalue weighted by atomic mass is 10.0. The van der Waals surface area contributed by atoms with Gasteiger partial charge in [0.05, 0.1) is 53.7 Å². The minimum atomic E-state index is -4.46. The van der Waals surface area contributed by atoms with Gasteiger partial charge < -0.3 is 14.6 Å². The Morgan fingerprint density at radius 2 is 1.52 bits per heavy atom. The molecule has 248 valence electrons. The Hall–Kier alpha value is -4.74. The average Bonchev–Trinajstić information content (AvgIpc) is 3.50. The van der Waals surface area contributed by atoms with Crippen molar-refractivity contribution in [1.29, 1.82) is 0 Å². The van der Waals surface area contributed by atoms with Gasteiger partial charge in [0, 0.05) is 24.4 Å². The standard InChI is InChI=1S/C37H38F3N5O2Si/c1-25(23-47-48(36(2,3)4,29-12-8-6-9-13-29)30-14-10-7-11-15-30)45-24-41-34-31(35(45)46)20-32(43-33(34)27-21-42-44(5)22-27)26-16-18-28(19-17-26)37(38,39)40/h6-22,25,41H,23-24H2,1-5H3. The first-order valence-corrected chi connectivity index (χ1v) is 17.7. The Morgan fingerprint density at radius 1 is 0.917 bits per heavy atom. The Bertz CT molecular complexity index is 1870. The molecule has 0 fully saturated rings. The van der Waals surface area contributed by atoms with Gasteiger partial charge in [0.15, 0.2) is 0 Å². The minimum absolute atomic E-state index is 0.219. The molecular weight excluding hydrogens is 632 g/mol. The van der Waals surface area contributed by atoms with E-state index in [1.54, 1.807) is 35.1 Å². The van der Waals surface area contributed by atoms with Gasteiger partial charge in [0.2, 0.25) is 0 Å². The van der Waals surface area contributed by atoms with E-state index in [4.69, 9.17) is 9.41 Å². The number of benzene rings is 3. The van der Waals surface area contributed by atoms with Crippen LogP contribution in [0.2, 0.25) is 5.04 Å². The van der Waals surface area contributed by atoms with E-state index in [-0.39, 0.29) is 23.7 Å². The molecule has 1 aliphatic heterocycles. The van der Waals surface area contributed by atoms with Crippen LogP contribution in [0.15, 0.2) is 103 Å². The number of carbonyl (C=O) groups is 1. The van der Waals surface area contributed by atoms with E-state index >= 15 is 0 Å². The third-order valence-electron chi connectivity index (χ3n) is 8.91. The summed E-state index contributed by atoms with van der Waals surface area (Å²) >= 11 is 0. The molecule has 1 atom stereocenters. The largest absolute Gasteiger partial charge is 0.416 e. The Morgan fingerprint density at radius 3 is 2.04 bits per heavy atom. The lowest BCUT2D eigenvalue weighted by molar-refractivity contribution is -0.137. The van der Waals surface area contributed by atoms with Crippen molar-refractivity contribution in [3.8, 4) is 22.5 Å². The lowest BCUT2D eigenvalue weighted by Crippen LogP contribution is -2.67. The summed E-state index contributed by atoms with van der Waals surface area (Å²) in [6.45, 7) is 9.13. The van der Waals surface area contributed by atoms with Crippen LogP contribution in [0.3, 0.4) is 0 Å². The number of fused-ring (bicyclic) bond motifs is 1. The van der Waals surface area contributed by atoms with E-state index < -0.39 is 20.1 Å². The van der Waals surface area contributed by atoms with E-state index in [9.17, 15) is 18.0 Å². The zero-order valence-electron chi connectivity index (χ0n) is 27.5. The molecule has 1 N–H and O–H groups in total. The summed E-state index contributed by atoms with van der Waals surface area (Å²) in [7, 11) is -1.07. The van der Waals surface area contributed by atoms with E-state index in [0.29, 0.717) is 40.4 Å². The average molecular weight is 670 g/mol. The highest BCUT2D eigenvalue weighted by Gasteiger charge is 2.50. The fourth-order valence-electron chi connectivity index (χ4n) is 6.47. The number of alkyl halides is 3. The van der Waals surface area contributed by atoms with E-state index in [1.807, 2.05) is 43.3 Å². The number of hydrogen-bond acceptors (Lipinski definition) is 5. The normalized spacial score (nSPS) is 14.4. The predicted octanol–water partition coefficient (Wildman–Crippen LogP) is 6.96. The van der Waals surface area contributed by atoms with Gasteiger partial charge >= 0.3 is 6.18 Å². The molecule has 3 heterocycles. The number of pyridine rings is 1. The highest BCUT2D eigenvalue weighted by molar-refractivity contribution is 6.99. The number of halogens is 3. The van der Waals surface area contributed by atoms with Gasteiger partial charge in [-0.2, -0.15) is 18.3 Å². The minimum Gasteiger partial charge on any atom is -0.405 e. The molecule has 3 aromatic carbocycles. The zero-order chi connectivity index (χ0) is 34.3. The first kappa shape index (κ1) is 33.2. The maximum absolute atomic E-state index is 14.3. The number of aromatic nitrogens is 3. The van der Waals surface area contributed by atoms with Gasteiger partial charge in [0.25, 0.3) is 14.2 Å². The molecule has 0 bridgehead atoms. The number of hydrogen-bond donors (Lipinski definition) is 1. The van der Waals surface area contributed by atoms with Crippen LogP contribution in [0.1, 0.15) is 43.6 Å². The number of amides is 1. The van der Waals surface area contributed by atoms with Gasteiger partial charge in [-0.25, -0.2) is 4.98 Å². The van der Waals surface area contributed by atoms with Crippen LogP contribution in [0, 0.1) is 0 Å². The van der Waals surface area contributed by atoms with Gasteiger partial charge in [-0.05, 0) is 40.5 Å². The van der Waals surface area contributed by atoms with Crippen LogP contribution in [0.4, 0.5) is 18.9 Å². The molecule has 11 heteroatoms. The van der Waals surface area contributed by atoms with Crippen molar-refractivity contribution in [2.24, 2.45) is 7.05 Å². The number of carbonyl (C=O) groups excluding carboxylic acids is 1. The van der Waals surface area contributed by atoms with Crippen LogP contribution in [0.25, 0.3) is 22.5 Å². The van der Waals surface area contributed by atoms with Crippen LogP contribution < -0.4 is 15.7 Å². The Kier molecular flexibility index (Phi) is 8.78. The second kappa shape index (κ2) is 12.7. The van der Waals surface area contributed by atoms with Crippen molar-refractivity contribution < 1.29 is 22.4 Å². The van der Waals surface area contributed by atoms with Crippen molar-refractivity contribution >= 4 is 30.3 Å². The van der Waals surface area contributed by atoms with Gasteiger partial charge in [-0.1, -0.05) is 93.6 Å². The molecule has 48 heavy (non-hydrogen) atoms. The molecule has 1 unspecified atom stereocenters. The highest BCUT2D eigenvalue weighted by Crippen LogP contribution is 2.39. The molecule has 0 saturated carbocycles. The summed E-state index contributed by atoms with van der Waals surface area (Å²) in [6, 6.07) is 26.8. The number of rotatable bonds is 8. The monoisotopic (exact) mass is 669 g/mol. The summed E-state index contributed by atoms with van der Waals surface area (Å²) in [5, 5.41) is 9.76. The van der Waals surface area contributed by atoms with Crippen LogP contribution in [0.5, 0.6) is 0 Å². The molecular formula is C37H38F3N5O2Si. The van der Waals surface area contributed by atoms with Crippen molar-refractivity contribution in [1.82, 2.24) is 19.7 Å². The lowest BCUT2D eigenvalue weighted by Gasteiger charge is -2.44. The number of nitrogens with zero attached hydrogens (tertiary/aromatic N) is 4. The SMILES string of the molecule is CC(CO[Si](c1ccccc1)(c1ccccc1)C(C)(C)C)N1CNc2c(cc(-c3ccc(C(F)(F)F)cc3)nc2-c2cnn(C)c2)C1=O. The second-order valence-electron chi connectivity index (χ2n) is 13.2. The van der Waals surface area contributed by atoms with Gasteiger partial charge in [0.1, 0.15) is 0 Å². The summed E-state index contributed by atoms with van der Waals surface area (Å²) in [5.74, 6) is -0.219. The Labute approximate surface area is 279 Å². The molecule has 0 aliphatic carbocycles. The first-order valence-electron chi connectivity index (χ1n) is 15.8. The molecule has 1 amide bonds. The fraction of sp³-hybridized carbons (Fsp3) is 0.270. The molecule has 2 aromatic heterocycles. The second-order valence-corrected chi connectivity index (χ2v) is 17.5. The van der Waals surface area contributed by atoms with Crippen molar-refractivity contribution in [2.45, 2.75) is 45.0 Å². The zero-order valence-corrected chi connectivity index (χ0v) is 28.5. The maximum atomic E-state index is 14.3. The molecule has 0 radical (unpaired) electrons. The van der Waals surface area contributed by atoms with E-state index in [1.165, 1.54) is 12.1 Å². The number of nitrogens with one attached hydrogen (secondary N) is 1. The summed E-state index contributed by atoms with van der Waals surface area (Å²) < 4.78 is 48.7. The van der Waals surface area contributed by atoms with Crippen molar-refractivity contribution in [3.05, 3.63) is 115 Å². The van der Waals surface area contributed by atoms with Crippen molar-refractivity contribution in [2.75, 3.05) is 18.6 Å². The molecule has 0 spiro atoms. The van der Waals surface area contributed by atoms with E-state index in [0.717, 1.165) is 22.5 Å². The molecule has 6 rings (SSSR count). The number of aryl methyl sites for hydroxylation is 1. The summed E-state index contributed by atoms with van der Waals surface area (Å²) in [6.07, 6.45) is -1.02. The molecule has 7 nitrogen and oxygen atoms in total. The van der Waals surface area contributed by atoms with E-state index in [2.05, 4.69) is 55.5 Å². The van der Waals surface area contributed by atoms with Crippen LogP contribution in [-0.4, -0.2) is 53.2 Å². The smallest absolute Gasteiger partial charge is 0.405 e. The Balaban J connectivity index is 1.36. The highest BCUT2D eigenvalue weighted by atomic mass is 28.4. The van der Waals surface area contributed by atoms with Gasteiger partial charge in [-0.3, -0.25) is 9.48 Å². The first-order chi connectivity index (χ1) is 22.8. The third kappa shape index (κ3) is 6.15. The third-order valence-corrected chi connectivity index (χ3v) is 13.9. The predicted molar refractivity (Wildman–Crippen MR) is 185 cm³/mol. The topological polar surface area (TPSA) is 72.3 Å². The fourth-order valence-corrected chi connectivity index (χ4v) is 11.1. The quantitative estimate of drug-likeness (QED) is 0.181. The number of anilines is 1. The molecule has 5 aromatic rings. The van der Waals surface area contributed by atoms with Gasteiger partial charge in [-0.15, -0.1) is 0 Å². The maximum Gasteiger partial charge on any atom is 0.416 e. The summed E-state index contributed by atoms with van der Waals surface area (Å²) in [5.41, 5.74) is 2.20. The summed E-state index contributed by atoms with van der Waals surface area (Å²) in [4.78, 5) is 20.9. The molecule has 0 saturated heterocycles.